The van der Waals surface area contributed by atoms with Gasteiger partial charge in [-0.1, -0.05) is 30.3 Å². The minimum absolute atomic E-state index is 0.0132. The Bertz CT molecular complexity index is 815. The molecule has 1 aliphatic rings. The van der Waals surface area contributed by atoms with E-state index in [0.29, 0.717) is 0 Å². The Hall–Kier alpha value is -2.40. The number of aryl methyl sites for hydroxylation is 1. The van der Waals surface area contributed by atoms with Crippen molar-refractivity contribution in [1.29, 1.82) is 0 Å². The van der Waals surface area contributed by atoms with Crippen LogP contribution in [0.25, 0.3) is 11.3 Å². The van der Waals surface area contributed by atoms with Crippen LogP contribution in [0.5, 0.6) is 0 Å². The molecule has 1 aliphatic heterocycles. The van der Waals surface area contributed by atoms with E-state index in [0.717, 1.165) is 36.7 Å². The molecule has 0 bridgehead atoms. The molecular weight excluding hydrogens is 288 g/mol. The van der Waals surface area contributed by atoms with Gasteiger partial charge in [0.2, 0.25) is 0 Å². The molecule has 1 aromatic carbocycles. The van der Waals surface area contributed by atoms with E-state index in [2.05, 4.69) is 46.0 Å². The molecule has 5 heteroatoms. The van der Waals surface area contributed by atoms with Gasteiger partial charge in [-0.05, 0) is 13.8 Å². The summed E-state index contributed by atoms with van der Waals surface area (Å²) >= 11 is 0. The van der Waals surface area contributed by atoms with Gasteiger partial charge in [0.15, 0.2) is 0 Å². The molecule has 5 nitrogen and oxygen atoms in total. The summed E-state index contributed by atoms with van der Waals surface area (Å²) in [7, 11) is 0. The molecule has 0 radical (unpaired) electrons. The smallest absolute Gasteiger partial charge is 0.0959 e. The zero-order valence-electron chi connectivity index (χ0n) is 13.4. The van der Waals surface area contributed by atoms with Crippen molar-refractivity contribution in [3.63, 3.8) is 0 Å². The molecular formula is C18H20N4O. The third-order valence-electron chi connectivity index (χ3n) is 4.57. The van der Waals surface area contributed by atoms with Gasteiger partial charge in [-0.25, -0.2) is 4.98 Å². The first-order valence-electron chi connectivity index (χ1n) is 7.85. The highest BCUT2D eigenvalue weighted by Crippen LogP contribution is 2.38. The van der Waals surface area contributed by atoms with Crippen LogP contribution >= 0.6 is 0 Å². The van der Waals surface area contributed by atoms with E-state index in [1.807, 2.05) is 25.5 Å². The summed E-state index contributed by atoms with van der Waals surface area (Å²) in [5, 5.41) is 7.13. The molecule has 0 saturated carbocycles. The number of nitrogens with one attached hydrogen (secondary N) is 1. The zero-order chi connectivity index (χ0) is 15.9. The molecule has 1 saturated heterocycles. The molecule has 3 aromatic rings. The number of imidazole rings is 1. The molecule has 0 amide bonds. The van der Waals surface area contributed by atoms with Crippen LogP contribution < -0.4 is 0 Å². The molecule has 2 aromatic heterocycles. The lowest BCUT2D eigenvalue weighted by Crippen LogP contribution is -2.45. The van der Waals surface area contributed by atoms with Gasteiger partial charge < -0.3 is 9.30 Å². The fourth-order valence-corrected chi connectivity index (χ4v) is 3.21. The van der Waals surface area contributed by atoms with Gasteiger partial charge in [-0.2, -0.15) is 5.10 Å². The average molecular weight is 308 g/mol. The standard InChI is InChI=1S/C18H20N4O/c1-13-15(8-20-21-13)9-22-12-19-16(14-6-4-3-5-7-14)17(22)18(2)10-23-11-18/h3-8,12H,9-11H2,1-2H3,(H,20,21). The summed E-state index contributed by atoms with van der Waals surface area (Å²) in [4.78, 5) is 4.72. The van der Waals surface area contributed by atoms with E-state index >= 15 is 0 Å². The maximum absolute atomic E-state index is 5.51. The second-order valence-corrected chi connectivity index (χ2v) is 6.51. The third-order valence-corrected chi connectivity index (χ3v) is 4.57. The largest absolute Gasteiger partial charge is 0.379 e. The van der Waals surface area contributed by atoms with Crippen molar-refractivity contribution in [2.75, 3.05) is 13.2 Å². The SMILES string of the molecule is Cc1[nH]ncc1Cn1cnc(-c2ccccc2)c1C1(C)COC1. The molecule has 4 rings (SSSR count). The van der Waals surface area contributed by atoms with Gasteiger partial charge in [0, 0.05) is 16.8 Å². The quantitative estimate of drug-likeness (QED) is 0.806. The van der Waals surface area contributed by atoms with Crippen LogP contribution in [0.3, 0.4) is 0 Å². The Morgan fingerprint density at radius 1 is 1.26 bits per heavy atom. The maximum atomic E-state index is 5.51. The average Bonchev–Trinajstić information content (AvgIpc) is 3.13. The topological polar surface area (TPSA) is 55.7 Å². The molecule has 118 valence electrons. The second kappa shape index (κ2) is 5.35. The van der Waals surface area contributed by atoms with Gasteiger partial charge in [-0.15, -0.1) is 0 Å². The normalized spacial score (nSPS) is 16.3. The van der Waals surface area contributed by atoms with Crippen LogP contribution in [0, 0.1) is 6.92 Å². The number of rotatable bonds is 4. The van der Waals surface area contributed by atoms with Crippen LogP contribution in [0.2, 0.25) is 0 Å². The van der Waals surface area contributed by atoms with Gasteiger partial charge >= 0.3 is 0 Å². The summed E-state index contributed by atoms with van der Waals surface area (Å²) in [6.45, 7) is 6.54. The molecule has 1 fully saturated rings. The lowest BCUT2D eigenvalue weighted by Gasteiger charge is -2.39. The highest BCUT2D eigenvalue weighted by Gasteiger charge is 2.40. The zero-order valence-corrected chi connectivity index (χ0v) is 13.4. The van der Waals surface area contributed by atoms with Gasteiger partial charge in [0.25, 0.3) is 0 Å². The van der Waals surface area contributed by atoms with Crippen LogP contribution in [0.4, 0.5) is 0 Å². The van der Waals surface area contributed by atoms with Gasteiger partial charge in [0.1, 0.15) is 0 Å². The first-order valence-corrected chi connectivity index (χ1v) is 7.85. The van der Waals surface area contributed by atoms with Crippen molar-refractivity contribution in [2.24, 2.45) is 0 Å². The van der Waals surface area contributed by atoms with Crippen molar-refractivity contribution < 1.29 is 4.74 Å². The fraction of sp³-hybridized carbons (Fsp3) is 0.333. The molecule has 0 aliphatic carbocycles. The Labute approximate surface area is 135 Å². The second-order valence-electron chi connectivity index (χ2n) is 6.51. The van der Waals surface area contributed by atoms with Crippen LogP contribution in [-0.4, -0.2) is 33.0 Å². The number of aromatic amines is 1. The van der Waals surface area contributed by atoms with E-state index in [1.54, 1.807) is 0 Å². The maximum Gasteiger partial charge on any atom is 0.0959 e. The number of H-pyrrole nitrogens is 1. The van der Waals surface area contributed by atoms with E-state index in [-0.39, 0.29) is 5.41 Å². The highest BCUT2D eigenvalue weighted by molar-refractivity contribution is 5.63. The van der Waals surface area contributed by atoms with Crippen molar-refractivity contribution in [2.45, 2.75) is 25.8 Å². The monoisotopic (exact) mass is 308 g/mol. The summed E-state index contributed by atoms with van der Waals surface area (Å²) in [5.41, 5.74) is 5.75. The van der Waals surface area contributed by atoms with Crippen molar-refractivity contribution in [1.82, 2.24) is 19.7 Å². The molecule has 0 unspecified atom stereocenters. The van der Waals surface area contributed by atoms with Crippen molar-refractivity contribution in [3.05, 3.63) is 59.8 Å². The molecule has 23 heavy (non-hydrogen) atoms. The third kappa shape index (κ3) is 2.37. The molecule has 3 heterocycles. The number of hydrogen-bond acceptors (Lipinski definition) is 3. The minimum Gasteiger partial charge on any atom is -0.379 e. The molecule has 0 atom stereocenters. The van der Waals surface area contributed by atoms with Crippen molar-refractivity contribution in [3.8, 4) is 11.3 Å². The number of hydrogen-bond donors (Lipinski definition) is 1. The lowest BCUT2D eigenvalue weighted by molar-refractivity contribution is -0.0532. The van der Waals surface area contributed by atoms with E-state index in [1.165, 1.54) is 11.3 Å². The number of benzene rings is 1. The van der Waals surface area contributed by atoms with Gasteiger partial charge in [-0.3, -0.25) is 5.10 Å². The van der Waals surface area contributed by atoms with Crippen LogP contribution in [0.1, 0.15) is 23.9 Å². The first kappa shape index (κ1) is 14.2. The Balaban J connectivity index is 1.81. The van der Waals surface area contributed by atoms with Crippen LogP contribution in [0.15, 0.2) is 42.9 Å². The summed E-state index contributed by atoms with van der Waals surface area (Å²) in [6.07, 6.45) is 3.83. The molecule has 0 spiro atoms. The first-order chi connectivity index (χ1) is 11.2. The predicted molar refractivity (Wildman–Crippen MR) is 88.3 cm³/mol. The Morgan fingerprint density at radius 2 is 2.04 bits per heavy atom. The fourth-order valence-electron chi connectivity index (χ4n) is 3.21. The minimum atomic E-state index is 0.0132. The lowest BCUT2D eigenvalue weighted by atomic mass is 9.82. The predicted octanol–water partition coefficient (Wildman–Crippen LogP) is 2.92. The summed E-state index contributed by atoms with van der Waals surface area (Å²) in [5.74, 6) is 0. The number of nitrogens with zero attached hydrogens (tertiary/aromatic N) is 3. The van der Waals surface area contributed by atoms with Gasteiger partial charge in [0.05, 0.1) is 49.1 Å². The van der Waals surface area contributed by atoms with E-state index < -0.39 is 0 Å². The van der Waals surface area contributed by atoms with Crippen LogP contribution in [-0.2, 0) is 16.7 Å². The highest BCUT2D eigenvalue weighted by atomic mass is 16.5. The molecule has 1 N–H and O–H groups in total. The summed E-state index contributed by atoms with van der Waals surface area (Å²) < 4.78 is 7.75. The van der Waals surface area contributed by atoms with Crippen molar-refractivity contribution >= 4 is 0 Å². The number of ether oxygens (including phenoxy) is 1. The number of aromatic nitrogens is 4. The Morgan fingerprint density at radius 3 is 2.65 bits per heavy atom. The summed E-state index contributed by atoms with van der Waals surface area (Å²) in [6, 6.07) is 10.4. The Kier molecular flexibility index (Phi) is 3.31. The van der Waals surface area contributed by atoms with E-state index in [4.69, 9.17) is 9.72 Å². The van der Waals surface area contributed by atoms with E-state index in [9.17, 15) is 0 Å².